The Kier molecular flexibility index (Phi) is 6.28. The van der Waals surface area contributed by atoms with E-state index < -0.39 is 0 Å². The van der Waals surface area contributed by atoms with Gasteiger partial charge in [0.25, 0.3) is 5.65 Å². The molecule has 1 unspecified atom stereocenters. The summed E-state index contributed by atoms with van der Waals surface area (Å²) in [6.45, 7) is 0. The van der Waals surface area contributed by atoms with Gasteiger partial charge in [0.15, 0.2) is 6.04 Å². The molecule has 9 aromatic rings. The Morgan fingerprint density at radius 1 is 0.423 bits per heavy atom. The van der Waals surface area contributed by atoms with E-state index >= 15 is 0 Å². The molecule has 0 amide bonds. The summed E-state index contributed by atoms with van der Waals surface area (Å²) in [6.07, 6.45) is 2.27. The molecule has 0 spiro atoms. The molecule has 4 nitrogen and oxygen atoms in total. The second-order valence-corrected chi connectivity index (χ2v) is 13.6. The number of rotatable bonds is 6. The topological polar surface area (TPSA) is 15.3 Å². The Morgan fingerprint density at radius 3 is 1.58 bits per heavy atom. The summed E-state index contributed by atoms with van der Waals surface area (Å²) < 4.78 is 5.02. The fraction of sp³-hybridized carbons (Fsp3) is 0.0208. The molecular weight excluding hydrogens is 633 g/mol. The summed E-state index contributed by atoms with van der Waals surface area (Å²) in [5, 5.41) is 2.51. The van der Waals surface area contributed by atoms with E-state index in [9.17, 15) is 0 Å². The van der Waals surface area contributed by atoms with Crippen LogP contribution in [0.2, 0.25) is 0 Å². The number of benzene rings is 7. The van der Waals surface area contributed by atoms with Crippen molar-refractivity contribution < 1.29 is 4.57 Å². The minimum atomic E-state index is 0.0552. The van der Waals surface area contributed by atoms with Crippen LogP contribution in [0.1, 0.15) is 17.2 Å². The molecule has 0 saturated carbocycles. The van der Waals surface area contributed by atoms with Gasteiger partial charge >= 0.3 is 0 Å². The van der Waals surface area contributed by atoms with Crippen molar-refractivity contribution in [3.05, 3.63) is 205 Å². The first-order valence-corrected chi connectivity index (χ1v) is 17.9. The molecule has 2 aromatic heterocycles. The van der Waals surface area contributed by atoms with Crippen LogP contribution in [0.3, 0.4) is 0 Å². The second kappa shape index (κ2) is 11.3. The lowest BCUT2D eigenvalue weighted by Gasteiger charge is -2.27. The fourth-order valence-corrected chi connectivity index (χ4v) is 8.68. The summed E-state index contributed by atoms with van der Waals surface area (Å²) >= 11 is 0. The largest absolute Gasteiger partial charge is 0.310 e. The van der Waals surface area contributed by atoms with Crippen LogP contribution in [-0.4, -0.2) is 4.57 Å². The van der Waals surface area contributed by atoms with Crippen LogP contribution in [-0.2, 0) is 0 Å². The molecule has 1 aliphatic carbocycles. The molecule has 0 N–H and O–H groups in total. The number of anilines is 6. The minimum absolute atomic E-state index is 0.0552. The second-order valence-electron chi connectivity index (χ2n) is 13.6. The number of para-hydroxylation sites is 4. The van der Waals surface area contributed by atoms with Crippen LogP contribution in [0.15, 0.2) is 194 Å². The van der Waals surface area contributed by atoms with Gasteiger partial charge in [-0.05, 0) is 102 Å². The molecule has 3 heterocycles. The lowest BCUT2D eigenvalue weighted by Crippen LogP contribution is -2.44. The standard InChI is InChI=1S/C48H33N4/c1-5-15-33(16-6-1)50(34-17-7-2-8-18-34)37-26-28-39-41-23-13-25-44-46(41)47(43(39)31-37)49-30-14-24-42-40-29-27-38(32-45(40)52(44)48(42)49)51(35-19-9-3-10-20-35)36-21-11-4-12-22-36/h1-32,47H/q+1. The maximum Gasteiger partial charge on any atom is 0.295 e. The summed E-state index contributed by atoms with van der Waals surface area (Å²) in [5.74, 6) is 0. The van der Waals surface area contributed by atoms with Crippen LogP contribution in [0, 0.1) is 0 Å². The average molecular weight is 666 g/mol. The summed E-state index contributed by atoms with van der Waals surface area (Å²) in [7, 11) is 0. The molecule has 0 fully saturated rings. The van der Waals surface area contributed by atoms with E-state index in [2.05, 4.69) is 213 Å². The number of pyridine rings is 1. The van der Waals surface area contributed by atoms with Crippen molar-refractivity contribution in [1.82, 2.24) is 4.57 Å². The van der Waals surface area contributed by atoms with Gasteiger partial charge in [0, 0.05) is 45.5 Å². The van der Waals surface area contributed by atoms with Gasteiger partial charge in [-0.25, -0.2) is 4.57 Å². The van der Waals surface area contributed by atoms with Crippen LogP contribution in [0.5, 0.6) is 0 Å². The Balaban J connectivity index is 1.13. The summed E-state index contributed by atoms with van der Waals surface area (Å²) in [5.41, 5.74) is 15.8. The molecule has 7 aromatic carbocycles. The first kappa shape index (κ1) is 28.9. The Morgan fingerprint density at radius 2 is 0.981 bits per heavy atom. The van der Waals surface area contributed by atoms with Gasteiger partial charge in [-0.1, -0.05) is 91.0 Å². The van der Waals surface area contributed by atoms with E-state index in [1.807, 2.05) is 0 Å². The lowest BCUT2D eigenvalue weighted by molar-refractivity contribution is -0.682. The zero-order chi connectivity index (χ0) is 34.2. The molecule has 11 rings (SSSR count). The molecule has 1 aliphatic heterocycles. The van der Waals surface area contributed by atoms with E-state index in [0.717, 1.165) is 34.1 Å². The predicted molar refractivity (Wildman–Crippen MR) is 213 cm³/mol. The Hall–Kier alpha value is -6.91. The Labute approximate surface area is 302 Å². The normalized spacial score (nSPS) is 13.6. The van der Waals surface area contributed by atoms with Gasteiger partial charge < -0.3 is 9.80 Å². The highest BCUT2D eigenvalue weighted by Crippen LogP contribution is 2.51. The van der Waals surface area contributed by atoms with Gasteiger partial charge in [0.2, 0.25) is 0 Å². The fourth-order valence-electron chi connectivity index (χ4n) is 8.68. The number of nitrogens with zero attached hydrogens (tertiary/aromatic N) is 4. The third kappa shape index (κ3) is 4.18. The van der Waals surface area contributed by atoms with E-state index in [1.165, 1.54) is 49.9 Å². The minimum Gasteiger partial charge on any atom is -0.310 e. The Bertz CT molecular complexity index is 2710. The smallest absolute Gasteiger partial charge is 0.295 e. The van der Waals surface area contributed by atoms with E-state index in [-0.39, 0.29) is 6.04 Å². The van der Waals surface area contributed by atoms with Crippen LogP contribution in [0.4, 0.5) is 34.1 Å². The number of aromatic nitrogens is 2. The van der Waals surface area contributed by atoms with Crippen molar-refractivity contribution in [2.75, 3.05) is 9.80 Å². The van der Waals surface area contributed by atoms with Gasteiger partial charge in [-0.3, -0.25) is 0 Å². The van der Waals surface area contributed by atoms with Gasteiger partial charge in [-0.2, -0.15) is 4.57 Å². The van der Waals surface area contributed by atoms with Crippen LogP contribution >= 0.6 is 0 Å². The zero-order valence-electron chi connectivity index (χ0n) is 28.3. The zero-order valence-corrected chi connectivity index (χ0v) is 28.3. The molecule has 2 aliphatic rings. The van der Waals surface area contributed by atoms with Crippen LogP contribution < -0.4 is 14.4 Å². The SMILES string of the molecule is c1ccc(N(c2ccccc2)c2ccc3c(c2)C2c4c-3cccc4-n3c4cc(N(c5ccccc5)c5ccccc5)ccc4c4ccc[n+]2c43)cc1. The summed E-state index contributed by atoms with van der Waals surface area (Å²) in [6, 6.07) is 68.1. The quantitative estimate of drug-likeness (QED) is 0.164. The van der Waals surface area contributed by atoms with E-state index in [4.69, 9.17) is 0 Å². The van der Waals surface area contributed by atoms with Crippen molar-refractivity contribution in [2.45, 2.75) is 6.04 Å². The summed E-state index contributed by atoms with van der Waals surface area (Å²) in [4.78, 5) is 4.71. The van der Waals surface area contributed by atoms with E-state index in [1.54, 1.807) is 0 Å². The van der Waals surface area contributed by atoms with Gasteiger partial charge in [0.1, 0.15) is 11.2 Å². The van der Waals surface area contributed by atoms with Crippen molar-refractivity contribution >= 4 is 56.1 Å². The number of hydrogen-bond acceptors (Lipinski definition) is 2. The lowest BCUT2D eigenvalue weighted by atomic mass is 10.00. The van der Waals surface area contributed by atoms with Crippen molar-refractivity contribution in [3.8, 4) is 16.8 Å². The maximum atomic E-state index is 2.51. The van der Waals surface area contributed by atoms with Gasteiger partial charge in [-0.15, -0.1) is 0 Å². The monoisotopic (exact) mass is 665 g/mol. The van der Waals surface area contributed by atoms with Crippen molar-refractivity contribution in [3.63, 3.8) is 0 Å². The highest BCUT2D eigenvalue weighted by molar-refractivity contribution is 6.09. The first-order valence-electron chi connectivity index (χ1n) is 17.9. The first-order chi connectivity index (χ1) is 25.8. The third-order valence-electron chi connectivity index (χ3n) is 10.8. The molecule has 0 saturated heterocycles. The third-order valence-corrected chi connectivity index (χ3v) is 10.8. The predicted octanol–water partition coefficient (Wildman–Crippen LogP) is 11.9. The van der Waals surface area contributed by atoms with Crippen LogP contribution in [0.25, 0.3) is 38.8 Å². The molecule has 244 valence electrons. The average Bonchev–Trinajstić information content (AvgIpc) is 3.73. The van der Waals surface area contributed by atoms with E-state index in [0.29, 0.717) is 0 Å². The number of fused-ring (bicyclic) bond motifs is 8. The highest BCUT2D eigenvalue weighted by Gasteiger charge is 2.43. The molecule has 1 atom stereocenters. The molecule has 0 radical (unpaired) electrons. The molecular formula is C48H33N4+. The van der Waals surface area contributed by atoms with Gasteiger partial charge in [0.05, 0.1) is 22.8 Å². The highest BCUT2D eigenvalue weighted by atomic mass is 15.2. The van der Waals surface area contributed by atoms with Crippen molar-refractivity contribution in [2.24, 2.45) is 0 Å². The molecule has 0 bridgehead atoms. The molecule has 4 heteroatoms. The molecule has 52 heavy (non-hydrogen) atoms. The number of hydrogen-bond donors (Lipinski definition) is 0. The van der Waals surface area contributed by atoms with Crippen molar-refractivity contribution in [1.29, 1.82) is 0 Å². The maximum absolute atomic E-state index is 2.51.